The number of hydrogen-bond acceptors (Lipinski definition) is 2. The summed E-state index contributed by atoms with van der Waals surface area (Å²) in [6.45, 7) is 0.815. The molecule has 2 aliphatic heterocycles. The highest BCUT2D eigenvalue weighted by molar-refractivity contribution is 7.85. The minimum Gasteiger partial charge on any atom is -0.335 e. The number of fused-ring (bicyclic) bond motifs is 2. The Bertz CT molecular complexity index is 472. The molecule has 1 saturated heterocycles. The van der Waals surface area contributed by atoms with E-state index in [1.54, 1.807) is 6.07 Å². The molecular formula is C12H13NO2S. The van der Waals surface area contributed by atoms with E-state index < -0.39 is 10.8 Å². The molecule has 0 N–H and O–H groups in total. The van der Waals surface area contributed by atoms with E-state index in [9.17, 15) is 9.00 Å². The molecule has 3 rings (SSSR count). The summed E-state index contributed by atoms with van der Waals surface area (Å²) in [7, 11) is -1.03. The molecule has 16 heavy (non-hydrogen) atoms. The van der Waals surface area contributed by atoms with Crippen LogP contribution in [0.2, 0.25) is 0 Å². The largest absolute Gasteiger partial charge is 0.335 e. The molecule has 0 aliphatic carbocycles. The second kappa shape index (κ2) is 3.70. The lowest BCUT2D eigenvalue weighted by atomic mass is 10.2. The Labute approximate surface area is 96.9 Å². The lowest BCUT2D eigenvalue weighted by molar-refractivity contribution is 0.0749. The summed E-state index contributed by atoms with van der Waals surface area (Å²) in [5.41, 5.74) is 0.630. The van der Waals surface area contributed by atoms with Gasteiger partial charge < -0.3 is 4.90 Å². The van der Waals surface area contributed by atoms with Crippen LogP contribution in [0.3, 0.4) is 0 Å². The third kappa shape index (κ3) is 1.40. The van der Waals surface area contributed by atoms with Crippen LogP contribution in [0.25, 0.3) is 0 Å². The number of carbonyl (C=O) groups excluding carboxylic acids is 1. The fourth-order valence-corrected chi connectivity index (χ4v) is 4.04. The Hall–Kier alpha value is -1.16. The first-order chi connectivity index (χ1) is 7.77. The van der Waals surface area contributed by atoms with Gasteiger partial charge in [0.2, 0.25) is 0 Å². The van der Waals surface area contributed by atoms with Crippen molar-refractivity contribution in [1.82, 2.24) is 4.90 Å². The van der Waals surface area contributed by atoms with Gasteiger partial charge >= 0.3 is 0 Å². The van der Waals surface area contributed by atoms with E-state index in [-0.39, 0.29) is 11.9 Å². The van der Waals surface area contributed by atoms with Gasteiger partial charge in [-0.05, 0) is 25.0 Å². The predicted octanol–water partition coefficient (Wildman–Crippen LogP) is 1.41. The van der Waals surface area contributed by atoms with Crippen LogP contribution < -0.4 is 0 Å². The van der Waals surface area contributed by atoms with Gasteiger partial charge in [-0.2, -0.15) is 0 Å². The van der Waals surface area contributed by atoms with Crippen LogP contribution in [0, 0.1) is 0 Å². The molecule has 0 spiro atoms. The van der Waals surface area contributed by atoms with E-state index in [2.05, 4.69) is 0 Å². The van der Waals surface area contributed by atoms with Crippen LogP contribution in [0.1, 0.15) is 23.2 Å². The van der Waals surface area contributed by atoms with Crippen LogP contribution in [0.5, 0.6) is 0 Å². The summed E-state index contributed by atoms with van der Waals surface area (Å²) in [5.74, 6) is 0.659. The van der Waals surface area contributed by atoms with Crippen molar-refractivity contribution in [1.29, 1.82) is 0 Å². The van der Waals surface area contributed by atoms with Crippen molar-refractivity contribution in [2.75, 3.05) is 12.3 Å². The fourth-order valence-electron chi connectivity index (χ4n) is 2.54. The van der Waals surface area contributed by atoms with Crippen LogP contribution in [0.4, 0.5) is 0 Å². The van der Waals surface area contributed by atoms with Gasteiger partial charge in [-0.3, -0.25) is 9.00 Å². The van der Waals surface area contributed by atoms with Crippen LogP contribution >= 0.6 is 0 Å². The summed E-state index contributed by atoms with van der Waals surface area (Å²) in [5, 5.41) is 0. The standard InChI is InChI=1S/C12H13NO2S/c14-12-10-5-1-2-6-11(10)16(15)8-9-4-3-7-13(9)12/h1-2,5-6,9H,3-4,7-8H2/t9-,16?/m0/s1. The molecule has 0 radical (unpaired) electrons. The molecule has 3 nitrogen and oxygen atoms in total. The number of amides is 1. The summed E-state index contributed by atoms with van der Waals surface area (Å²) in [6, 6.07) is 7.47. The topological polar surface area (TPSA) is 37.4 Å². The molecule has 1 aromatic rings. The highest BCUT2D eigenvalue weighted by atomic mass is 32.2. The Balaban J connectivity index is 2.13. The zero-order valence-corrected chi connectivity index (χ0v) is 9.70. The van der Waals surface area contributed by atoms with Gasteiger partial charge in [-0.25, -0.2) is 0 Å². The molecule has 1 unspecified atom stereocenters. The fraction of sp³-hybridized carbons (Fsp3) is 0.417. The van der Waals surface area contributed by atoms with Gasteiger partial charge in [-0.1, -0.05) is 12.1 Å². The third-order valence-corrected chi connectivity index (χ3v) is 4.88. The van der Waals surface area contributed by atoms with Crippen LogP contribution in [-0.4, -0.2) is 33.4 Å². The number of nitrogens with zero attached hydrogens (tertiary/aromatic N) is 1. The number of benzene rings is 1. The molecule has 2 aliphatic rings. The summed E-state index contributed by atoms with van der Waals surface area (Å²) in [6.07, 6.45) is 2.03. The van der Waals surface area contributed by atoms with E-state index in [4.69, 9.17) is 0 Å². The number of rotatable bonds is 0. The van der Waals surface area contributed by atoms with Gasteiger partial charge in [0.15, 0.2) is 0 Å². The minimum atomic E-state index is -1.03. The summed E-state index contributed by atoms with van der Waals surface area (Å²) in [4.78, 5) is 14.9. The molecular weight excluding hydrogens is 222 g/mol. The molecule has 2 heterocycles. The van der Waals surface area contributed by atoms with Crippen molar-refractivity contribution < 1.29 is 9.00 Å². The zero-order chi connectivity index (χ0) is 11.1. The van der Waals surface area contributed by atoms with E-state index in [0.717, 1.165) is 19.4 Å². The lowest BCUT2D eigenvalue weighted by Gasteiger charge is -2.21. The second-order valence-electron chi connectivity index (χ2n) is 4.30. The molecule has 1 aromatic carbocycles. The average molecular weight is 235 g/mol. The van der Waals surface area contributed by atoms with Crippen molar-refractivity contribution in [3.05, 3.63) is 29.8 Å². The van der Waals surface area contributed by atoms with Crippen molar-refractivity contribution in [3.8, 4) is 0 Å². The van der Waals surface area contributed by atoms with Gasteiger partial charge in [0.05, 0.1) is 21.3 Å². The van der Waals surface area contributed by atoms with Gasteiger partial charge in [0.25, 0.3) is 5.91 Å². The first kappa shape index (κ1) is 10.0. The Morgan fingerprint density at radius 1 is 1.31 bits per heavy atom. The van der Waals surface area contributed by atoms with Crippen molar-refractivity contribution >= 4 is 16.7 Å². The van der Waals surface area contributed by atoms with Crippen LogP contribution in [-0.2, 0) is 10.8 Å². The van der Waals surface area contributed by atoms with Crippen molar-refractivity contribution in [3.63, 3.8) is 0 Å². The third-order valence-electron chi connectivity index (χ3n) is 3.34. The summed E-state index contributed by atoms with van der Waals surface area (Å²) >= 11 is 0. The maximum atomic E-state index is 12.3. The molecule has 1 amide bonds. The van der Waals surface area contributed by atoms with Crippen LogP contribution in [0.15, 0.2) is 29.2 Å². The number of carbonyl (C=O) groups is 1. The summed E-state index contributed by atoms with van der Waals surface area (Å²) < 4.78 is 12.1. The Morgan fingerprint density at radius 3 is 3.00 bits per heavy atom. The monoisotopic (exact) mass is 235 g/mol. The molecule has 0 aromatic heterocycles. The van der Waals surface area contributed by atoms with E-state index in [1.165, 1.54) is 0 Å². The Morgan fingerprint density at radius 2 is 2.12 bits per heavy atom. The average Bonchev–Trinajstić information content (AvgIpc) is 2.72. The smallest absolute Gasteiger partial charge is 0.255 e. The maximum absolute atomic E-state index is 12.3. The van der Waals surface area contributed by atoms with Gasteiger partial charge in [0.1, 0.15) is 0 Å². The molecule has 4 heteroatoms. The van der Waals surface area contributed by atoms with Crippen molar-refractivity contribution in [2.45, 2.75) is 23.8 Å². The van der Waals surface area contributed by atoms with Crippen molar-refractivity contribution in [2.24, 2.45) is 0 Å². The van der Waals surface area contributed by atoms with Gasteiger partial charge in [-0.15, -0.1) is 0 Å². The highest BCUT2D eigenvalue weighted by Gasteiger charge is 2.35. The quantitative estimate of drug-likeness (QED) is 0.682. The zero-order valence-electron chi connectivity index (χ0n) is 8.89. The normalized spacial score (nSPS) is 28.5. The number of hydrogen-bond donors (Lipinski definition) is 0. The van der Waals surface area contributed by atoms with Gasteiger partial charge in [0, 0.05) is 18.3 Å². The lowest BCUT2D eigenvalue weighted by Crippen LogP contribution is -2.36. The molecule has 84 valence electrons. The predicted molar refractivity (Wildman–Crippen MR) is 61.8 cm³/mol. The first-order valence-electron chi connectivity index (χ1n) is 5.56. The Kier molecular flexibility index (Phi) is 2.32. The molecule has 2 atom stereocenters. The van der Waals surface area contributed by atoms with E-state index in [0.29, 0.717) is 16.2 Å². The van der Waals surface area contributed by atoms with E-state index >= 15 is 0 Å². The first-order valence-corrected chi connectivity index (χ1v) is 6.87. The molecule has 0 saturated carbocycles. The molecule has 1 fully saturated rings. The highest BCUT2D eigenvalue weighted by Crippen LogP contribution is 2.28. The SMILES string of the molecule is O=C1c2ccccc2S(=O)C[C@@H]2CCCN12. The second-order valence-corrected chi connectivity index (χ2v) is 5.77. The molecule has 0 bridgehead atoms. The minimum absolute atomic E-state index is 0.0592. The van der Waals surface area contributed by atoms with E-state index in [1.807, 2.05) is 23.1 Å². The maximum Gasteiger partial charge on any atom is 0.255 e.